The number of aliphatic hydroxyl groups is 1. The molecule has 8 nitrogen and oxygen atoms in total. The van der Waals surface area contributed by atoms with Crippen molar-refractivity contribution in [3.8, 4) is 5.88 Å². The first-order valence-corrected chi connectivity index (χ1v) is 10.8. The van der Waals surface area contributed by atoms with Crippen LogP contribution in [0, 0.1) is 0 Å². The Morgan fingerprint density at radius 1 is 1.39 bits per heavy atom. The Morgan fingerprint density at radius 3 is 2.89 bits per heavy atom. The molecule has 9 heteroatoms. The molecule has 1 aliphatic heterocycles. The number of quaternary nitrogens is 2. The average molecular weight is 415 g/mol. The largest absolute Gasteiger partial charge is 0.475 e. The smallest absolute Gasteiger partial charge is 0.371 e. The van der Waals surface area contributed by atoms with Gasteiger partial charge in [0.15, 0.2) is 0 Å². The molecule has 1 aliphatic rings. The fraction of sp³-hybridized carbons (Fsp3) is 0.737. The number of rotatable bonds is 11. The van der Waals surface area contributed by atoms with Crippen LogP contribution in [0.5, 0.6) is 5.88 Å². The number of nitrogens with zero attached hydrogens (tertiary/aromatic N) is 3. The van der Waals surface area contributed by atoms with E-state index in [0.717, 1.165) is 48.8 Å². The third-order valence-electron chi connectivity index (χ3n) is 5.28. The number of carbonyl (C=O) groups is 1. The van der Waals surface area contributed by atoms with Gasteiger partial charge in [0.2, 0.25) is 12.3 Å². The third kappa shape index (κ3) is 5.97. The van der Waals surface area contributed by atoms with Crippen molar-refractivity contribution in [2.75, 3.05) is 33.4 Å². The minimum atomic E-state index is -0.760. The number of carbonyl (C=O) groups excluding carboxylic acids is 1. The van der Waals surface area contributed by atoms with Crippen molar-refractivity contribution in [1.82, 2.24) is 8.75 Å². The molecule has 3 atom stereocenters. The highest BCUT2D eigenvalue weighted by molar-refractivity contribution is 6.99. The molecule has 0 aliphatic carbocycles. The third-order valence-corrected chi connectivity index (χ3v) is 5.79. The predicted molar refractivity (Wildman–Crippen MR) is 107 cm³/mol. The molecule has 1 unspecified atom stereocenters. The normalized spacial score (nSPS) is 21.7. The highest BCUT2D eigenvalue weighted by Crippen LogP contribution is 2.31. The topological polar surface area (TPSA) is 109 Å². The van der Waals surface area contributed by atoms with Crippen LogP contribution in [0.3, 0.4) is 0 Å². The lowest BCUT2D eigenvalue weighted by Gasteiger charge is -2.41. The Labute approximate surface area is 171 Å². The zero-order chi connectivity index (χ0) is 20.6. The van der Waals surface area contributed by atoms with Gasteiger partial charge in [0.25, 0.3) is 5.88 Å². The summed E-state index contributed by atoms with van der Waals surface area (Å²) in [6, 6.07) is -0.760. The molecule has 1 aromatic heterocycles. The Hall–Kier alpha value is -1.55. The van der Waals surface area contributed by atoms with Crippen LogP contribution in [0.4, 0.5) is 0 Å². The van der Waals surface area contributed by atoms with Gasteiger partial charge < -0.3 is 20.3 Å². The number of aromatic nitrogens is 2. The predicted octanol–water partition coefficient (Wildman–Crippen LogP) is 1.22. The molecule has 0 bridgehead atoms. The van der Waals surface area contributed by atoms with E-state index in [-0.39, 0.29) is 12.8 Å². The van der Waals surface area contributed by atoms with Crippen molar-refractivity contribution in [3.05, 3.63) is 11.8 Å². The highest BCUT2D eigenvalue weighted by Gasteiger charge is 2.37. The molecule has 4 N–H and O–H groups in total. The van der Waals surface area contributed by atoms with Gasteiger partial charge in [0.05, 0.1) is 31.9 Å². The molecule has 158 valence electrons. The van der Waals surface area contributed by atoms with Gasteiger partial charge in [0, 0.05) is 18.9 Å². The molecule has 28 heavy (non-hydrogen) atoms. The van der Waals surface area contributed by atoms with Gasteiger partial charge in [-0.05, 0) is 6.42 Å². The Balaban J connectivity index is 2.00. The fourth-order valence-corrected chi connectivity index (χ4v) is 3.71. The number of hydrogen-bond donors (Lipinski definition) is 2. The zero-order valence-electron chi connectivity index (χ0n) is 17.2. The summed E-state index contributed by atoms with van der Waals surface area (Å²) in [7, 11) is 2.06. The maximum Gasteiger partial charge on any atom is 0.371 e. The van der Waals surface area contributed by atoms with Gasteiger partial charge in [-0.1, -0.05) is 32.3 Å². The number of unbranched alkanes of at least 4 members (excludes halogenated alkanes) is 3. The molecule has 0 spiro atoms. The van der Waals surface area contributed by atoms with Crippen molar-refractivity contribution in [2.24, 2.45) is 0 Å². The first-order valence-electron chi connectivity index (χ1n) is 10.0. The van der Waals surface area contributed by atoms with Gasteiger partial charge in [-0.2, -0.15) is 4.37 Å². The minimum Gasteiger partial charge on any atom is -0.475 e. The second kappa shape index (κ2) is 10.8. The van der Waals surface area contributed by atoms with E-state index in [1.54, 1.807) is 0 Å². The lowest BCUT2D eigenvalue weighted by atomic mass is 10.0. The van der Waals surface area contributed by atoms with Crippen molar-refractivity contribution in [3.63, 3.8) is 0 Å². The molecule has 1 aromatic rings. The molecule has 2 heterocycles. The summed E-state index contributed by atoms with van der Waals surface area (Å²) in [5.41, 5.74) is 5.49. The summed E-state index contributed by atoms with van der Waals surface area (Å²) in [5, 5.41) is 9.10. The van der Waals surface area contributed by atoms with E-state index in [9.17, 15) is 4.79 Å². The van der Waals surface area contributed by atoms with Crippen LogP contribution in [0.25, 0.3) is 5.57 Å². The molecule has 0 saturated heterocycles. The monoisotopic (exact) mass is 414 g/mol. The zero-order valence-corrected chi connectivity index (χ0v) is 18.0. The van der Waals surface area contributed by atoms with Crippen molar-refractivity contribution in [2.45, 2.75) is 58.2 Å². The molecule has 0 fully saturated rings. The lowest BCUT2D eigenvalue weighted by molar-refractivity contribution is -0.944. The van der Waals surface area contributed by atoms with Crippen LogP contribution in [-0.4, -0.2) is 69.9 Å². The van der Waals surface area contributed by atoms with Crippen molar-refractivity contribution in [1.29, 1.82) is 0 Å². The van der Waals surface area contributed by atoms with E-state index >= 15 is 0 Å². The second-order valence-corrected chi connectivity index (χ2v) is 8.15. The highest BCUT2D eigenvalue weighted by atomic mass is 32.1. The SMILES string of the molecule is CCCCCCOc1nsnc1C1=CCC[N+](C)([C@@H](C)OC(=O)[C@@H]([NH3+])CO)C1. The maximum atomic E-state index is 12.0. The van der Waals surface area contributed by atoms with Crippen LogP contribution in [0.15, 0.2) is 6.08 Å². The first kappa shape index (κ1) is 22.7. The lowest BCUT2D eigenvalue weighted by Crippen LogP contribution is -2.68. The van der Waals surface area contributed by atoms with Gasteiger partial charge in [-0.15, -0.1) is 4.37 Å². The minimum absolute atomic E-state index is 0.316. The van der Waals surface area contributed by atoms with Crippen LogP contribution in [0.1, 0.15) is 51.6 Å². The number of esters is 1. The van der Waals surface area contributed by atoms with Gasteiger partial charge in [-0.25, -0.2) is 4.79 Å². The van der Waals surface area contributed by atoms with Crippen molar-refractivity contribution >= 4 is 23.3 Å². The fourth-order valence-electron chi connectivity index (χ4n) is 3.18. The van der Waals surface area contributed by atoms with Crippen LogP contribution in [0.2, 0.25) is 0 Å². The summed E-state index contributed by atoms with van der Waals surface area (Å²) in [6.07, 6.45) is 7.27. The average Bonchev–Trinajstić information content (AvgIpc) is 3.15. The summed E-state index contributed by atoms with van der Waals surface area (Å²) in [4.78, 5) is 12.0. The standard InChI is InChI=1S/C19H33N4O4S/c1-4-5-6-7-11-26-18-17(21-28-22-18)15-9-8-10-23(3,12-15)14(2)27-19(25)16(20)13-24/h9,14,16,24H,4-8,10-13,20H2,1-3H3/q+1/p+1/t14-,16+,23?/m1/s1. The van der Waals surface area contributed by atoms with E-state index in [1.165, 1.54) is 12.8 Å². The van der Waals surface area contributed by atoms with E-state index in [1.807, 2.05) is 6.92 Å². The van der Waals surface area contributed by atoms with Gasteiger partial charge in [-0.3, -0.25) is 4.48 Å². The Bertz CT molecular complexity index is 666. The Kier molecular flexibility index (Phi) is 8.81. The molecule has 0 saturated carbocycles. The Morgan fingerprint density at radius 2 is 2.18 bits per heavy atom. The maximum absolute atomic E-state index is 12.0. The van der Waals surface area contributed by atoms with Gasteiger partial charge in [0.1, 0.15) is 18.8 Å². The van der Waals surface area contributed by atoms with E-state index < -0.39 is 12.0 Å². The molecule has 2 rings (SSSR count). The number of likely N-dealkylation sites (N-methyl/N-ethyl adjacent to an activating group) is 1. The number of aliphatic hydroxyl groups excluding tert-OH is 1. The summed E-state index contributed by atoms with van der Waals surface area (Å²) < 4.78 is 20.8. The summed E-state index contributed by atoms with van der Waals surface area (Å²) in [6.45, 7) is 5.93. The second-order valence-electron chi connectivity index (χ2n) is 7.62. The van der Waals surface area contributed by atoms with E-state index in [4.69, 9.17) is 14.6 Å². The quantitative estimate of drug-likeness (QED) is 0.320. The summed E-state index contributed by atoms with van der Waals surface area (Å²) in [5.74, 6) is 0.126. The van der Waals surface area contributed by atoms with Crippen LogP contribution >= 0.6 is 11.7 Å². The molecule has 0 aromatic carbocycles. The molecule has 0 amide bonds. The van der Waals surface area contributed by atoms with E-state index in [0.29, 0.717) is 23.5 Å². The van der Waals surface area contributed by atoms with Crippen LogP contribution < -0.4 is 10.5 Å². The summed E-state index contributed by atoms with van der Waals surface area (Å²) >= 11 is 1.16. The van der Waals surface area contributed by atoms with Gasteiger partial charge >= 0.3 is 5.97 Å². The number of ether oxygens (including phenoxy) is 2. The molecular weight excluding hydrogens is 380 g/mol. The molecular formula is C19H34N4O4S+2. The number of hydrogen-bond acceptors (Lipinski definition) is 7. The first-order chi connectivity index (χ1) is 13.4. The molecule has 0 radical (unpaired) electrons. The van der Waals surface area contributed by atoms with Crippen molar-refractivity contribution < 1.29 is 29.6 Å². The van der Waals surface area contributed by atoms with Crippen LogP contribution in [-0.2, 0) is 9.53 Å². The van der Waals surface area contributed by atoms with E-state index in [2.05, 4.69) is 34.5 Å².